The Bertz CT molecular complexity index is 394. The van der Waals surface area contributed by atoms with Crippen LogP contribution in [0, 0.1) is 13.8 Å². The van der Waals surface area contributed by atoms with Crippen molar-refractivity contribution in [1.29, 1.82) is 0 Å². The number of carbonyl (C=O) groups is 1. The number of ether oxygens (including phenoxy) is 1. The number of amides is 1. The van der Waals surface area contributed by atoms with Gasteiger partial charge in [0.2, 0.25) is 5.91 Å². The maximum Gasteiger partial charge on any atom is 0.238 e. The molecule has 0 atom stereocenters. The van der Waals surface area contributed by atoms with Crippen molar-refractivity contribution < 1.29 is 9.53 Å². The minimum absolute atomic E-state index is 0. The molecule has 17 heavy (non-hydrogen) atoms. The highest BCUT2D eigenvalue weighted by atomic mass is 35.5. The number of aryl methyl sites for hydroxylation is 1. The van der Waals surface area contributed by atoms with Gasteiger partial charge in [-0.3, -0.25) is 4.79 Å². The number of hydrogen-bond acceptors (Lipinski definition) is 3. The fourth-order valence-electron chi connectivity index (χ4n) is 1.63. The fraction of sp³-hybridized carbons (Fsp3) is 0.417. The van der Waals surface area contributed by atoms with E-state index in [0.717, 1.165) is 22.6 Å². The van der Waals surface area contributed by atoms with Gasteiger partial charge in [-0.1, -0.05) is 6.07 Å². The van der Waals surface area contributed by atoms with Crippen molar-refractivity contribution in [3.63, 3.8) is 0 Å². The lowest BCUT2D eigenvalue weighted by Crippen LogP contribution is -2.25. The Balaban J connectivity index is 0.00000256. The van der Waals surface area contributed by atoms with Crippen LogP contribution in [0.4, 0.5) is 5.69 Å². The molecule has 0 radical (unpaired) electrons. The third-order valence-corrected chi connectivity index (χ3v) is 2.42. The number of hydrogen-bond donors (Lipinski definition) is 2. The number of carbonyl (C=O) groups excluding carboxylic acids is 1. The molecular formula is C12H19ClN2O2. The molecule has 1 amide bonds. The van der Waals surface area contributed by atoms with E-state index >= 15 is 0 Å². The van der Waals surface area contributed by atoms with Gasteiger partial charge in [0.05, 0.1) is 13.7 Å². The van der Waals surface area contributed by atoms with Crippen molar-refractivity contribution in [3.8, 4) is 5.75 Å². The van der Waals surface area contributed by atoms with Crippen LogP contribution in [0.2, 0.25) is 0 Å². The Morgan fingerprint density at radius 2 is 2.00 bits per heavy atom. The number of nitrogens with one attached hydrogen (secondary N) is 2. The summed E-state index contributed by atoms with van der Waals surface area (Å²) in [6.07, 6.45) is 0. The number of likely N-dealkylation sites (N-methyl/N-ethyl adjacent to an activating group) is 1. The molecule has 1 aromatic carbocycles. The van der Waals surface area contributed by atoms with Gasteiger partial charge < -0.3 is 15.4 Å². The van der Waals surface area contributed by atoms with Gasteiger partial charge in [0.15, 0.2) is 0 Å². The van der Waals surface area contributed by atoms with E-state index in [1.807, 2.05) is 26.0 Å². The maximum absolute atomic E-state index is 11.4. The third-order valence-electron chi connectivity index (χ3n) is 2.42. The van der Waals surface area contributed by atoms with Crippen molar-refractivity contribution in [3.05, 3.63) is 23.3 Å². The first kappa shape index (κ1) is 15.7. The molecule has 5 heteroatoms. The molecule has 1 aromatic rings. The largest absolute Gasteiger partial charge is 0.496 e. The lowest BCUT2D eigenvalue weighted by atomic mass is 10.1. The van der Waals surface area contributed by atoms with E-state index in [0.29, 0.717) is 6.54 Å². The molecule has 0 bridgehead atoms. The molecule has 0 aromatic heterocycles. The highest BCUT2D eigenvalue weighted by Gasteiger charge is 2.09. The van der Waals surface area contributed by atoms with Crippen LogP contribution >= 0.6 is 12.4 Å². The van der Waals surface area contributed by atoms with Gasteiger partial charge in [0.25, 0.3) is 0 Å². The molecule has 0 spiro atoms. The second-order valence-electron chi connectivity index (χ2n) is 3.67. The number of methoxy groups -OCH3 is 1. The molecular weight excluding hydrogens is 240 g/mol. The summed E-state index contributed by atoms with van der Waals surface area (Å²) in [5.74, 6) is 0.763. The summed E-state index contributed by atoms with van der Waals surface area (Å²) in [6, 6.07) is 3.82. The van der Waals surface area contributed by atoms with Crippen molar-refractivity contribution in [2.24, 2.45) is 0 Å². The van der Waals surface area contributed by atoms with Gasteiger partial charge in [0.1, 0.15) is 5.75 Å². The van der Waals surface area contributed by atoms with Gasteiger partial charge in [-0.2, -0.15) is 0 Å². The number of halogens is 1. The van der Waals surface area contributed by atoms with Crippen molar-refractivity contribution in [2.45, 2.75) is 13.8 Å². The summed E-state index contributed by atoms with van der Waals surface area (Å²) >= 11 is 0. The Morgan fingerprint density at radius 3 is 2.53 bits per heavy atom. The van der Waals surface area contributed by atoms with Crippen LogP contribution in [0.1, 0.15) is 11.1 Å². The smallest absolute Gasteiger partial charge is 0.238 e. The Hall–Kier alpha value is -1.26. The van der Waals surface area contributed by atoms with Gasteiger partial charge in [-0.15, -0.1) is 12.4 Å². The van der Waals surface area contributed by atoms with Crippen LogP contribution in [-0.2, 0) is 4.79 Å². The van der Waals surface area contributed by atoms with E-state index in [1.165, 1.54) is 0 Å². The molecule has 0 unspecified atom stereocenters. The zero-order valence-corrected chi connectivity index (χ0v) is 11.4. The van der Waals surface area contributed by atoms with E-state index < -0.39 is 0 Å². The van der Waals surface area contributed by atoms with Crippen LogP contribution in [0.25, 0.3) is 0 Å². The molecule has 0 fully saturated rings. The molecule has 0 aliphatic carbocycles. The fourth-order valence-corrected chi connectivity index (χ4v) is 1.63. The van der Waals surface area contributed by atoms with Crippen LogP contribution in [-0.4, -0.2) is 26.6 Å². The predicted octanol–water partition coefficient (Wildman–Crippen LogP) is 1.89. The zero-order chi connectivity index (χ0) is 12.1. The average Bonchev–Trinajstić information content (AvgIpc) is 2.23. The van der Waals surface area contributed by atoms with Crippen LogP contribution < -0.4 is 15.4 Å². The summed E-state index contributed by atoms with van der Waals surface area (Å²) in [7, 11) is 3.37. The predicted molar refractivity (Wildman–Crippen MR) is 72.3 cm³/mol. The van der Waals surface area contributed by atoms with E-state index in [4.69, 9.17) is 4.74 Å². The first-order valence-electron chi connectivity index (χ1n) is 5.18. The van der Waals surface area contributed by atoms with Gasteiger partial charge in [0, 0.05) is 11.3 Å². The van der Waals surface area contributed by atoms with E-state index in [2.05, 4.69) is 10.6 Å². The highest BCUT2D eigenvalue weighted by molar-refractivity contribution is 5.93. The molecule has 1 rings (SSSR count). The van der Waals surface area contributed by atoms with Crippen LogP contribution in [0.5, 0.6) is 5.75 Å². The molecule has 0 aliphatic heterocycles. The van der Waals surface area contributed by atoms with E-state index in [9.17, 15) is 4.79 Å². The topological polar surface area (TPSA) is 50.4 Å². The summed E-state index contributed by atoms with van der Waals surface area (Å²) in [5.41, 5.74) is 2.81. The van der Waals surface area contributed by atoms with Gasteiger partial charge in [-0.05, 0) is 32.5 Å². The zero-order valence-electron chi connectivity index (χ0n) is 10.6. The lowest BCUT2D eigenvalue weighted by Gasteiger charge is -2.13. The molecule has 2 N–H and O–H groups in total. The first-order chi connectivity index (χ1) is 7.60. The van der Waals surface area contributed by atoms with Crippen LogP contribution in [0.3, 0.4) is 0 Å². The monoisotopic (exact) mass is 258 g/mol. The van der Waals surface area contributed by atoms with Crippen LogP contribution in [0.15, 0.2) is 12.1 Å². The molecule has 0 heterocycles. The van der Waals surface area contributed by atoms with Crippen molar-refractivity contribution in [1.82, 2.24) is 5.32 Å². The Kier molecular flexibility index (Phi) is 6.61. The molecule has 0 saturated carbocycles. The van der Waals surface area contributed by atoms with Gasteiger partial charge >= 0.3 is 0 Å². The Labute approximate surface area is 108 Å². The quantitative estimate of drug-likeness (QED) is 0.867. The number of benzene rings is 1. The van der Waals surface area contributed by atoms with Gasteiger partial charge in [-0.25, -0.2) is 0 Å². The molecule has 96 valence electrons. The summed E-state index contributed by atoms with van der Waals surface area (Å²) in [5, 5.41) is 5.64. The minimum Gasteiger partial charge on any atom is -0.496 e. The third kappa shape index (κ3) is 3.91. The summed E-state index contributed by atoms with van der Waals surface area (Å²) in [4.78, 5) is 11.4. The first-order valence-corrected chi connectivity index (χ1v) is 5.18. The summed E-state index contributed by atoms with van der Waals surface area (Å²) < 4.78 is 5.29. The SMILES string of the molecule is CNCC(=O)Nc1ccc(C)c(OC)c1C.Cl. The van der Waals surface area contributed by atoms with E-state index in [1.54, 1.807) is 14.2 Å². The van der Waals surface area contributed by atoms with Crippen molar-refractivity contribution >= 4 is 24.0 Å². The molecule has 4 nitrogen and oxygen atoms in total. The maximum atomic E-state index is 11.4. The highest BCUT2D eigenvalue weighted by Crippen LogP contribution is 2.28. The average molecular weight is 259 g/mol. The van der Waals surface area contributed by atoms with E-state index in [-0.39, 0.29) is 18.3 Å². The molecule has 0 aliphatic rings. The standard InChI is InChI=1S/C12H18N2O2.ClH/c1-8-5-6-10(9(2)12(8)16-4)14-11(15)7-13-3;/h5-6,13H,7H2,1-4H3,(H,14,15);1H. The second-order valence-corrected chi connectivity index (χ2v) is 3.67. The Morgan fingerprint density at radius 1 is 1.35 bits per heavy atom. The number of anilines is 1. The minimum atomic E-state index is -0.0588. The summed E-state index contributed by atoms with van der Waals surface area (Å²) in [6.45, 7) is 4.21. The van der Waals surface area contributed by atoms with Crippen molar-refractivity contribution in [2.75, 3.05) is 26.0 Å². The molecule has 0 saturated heterocycles. The normalized spacial score (nSPS) is 9.41. The lowest BCUT2D eigenvalue weighted by molar-refractivity contribution is -0.115. The second kappa shape index (κ2) is 7.14. The number of rotatable bonds is 4.